The minimum Gasteiger partial charge on any atom is -0.507 e. The van der Waals surface area contributed by atoms with E-state index in [1.165, 1.54) is 12.0 Å². The van der Waals surface area contributed by atoms with Crippen molar-refractivity contribution in [1.82, 2.24) is 4.98 Å². The third-order valence-corrected chi connectivity index (χ3v) is 5.24. The Morgan fingerprint density at radius 2 is 1.75 bits per heavy atom. The molecule has 0 radical (unpaired) electrons. The lowest BCUT2D eigenvalue weighted by Crippen LogP contribution is -2.29. The monoisotopic (exact) mass is 430 g/mol. The number of benzene rings is 2. The van der Waals surface area contributed by atoms with E-state index in [1.807, 2.05) is 6.92 Å². The molecule has 2 aromatic carbocycles. The summed E-state index contributed by atoms with van der Waals surface area (Å²) in [5, 5.41) is 11.1. The molecule has 1 aliphatic rings. The van der Waals surface area contributed by atoms with Crippen LogP contribution < -0.4 is 14.4 Å². The number of amides is 1. The second-order valence-electron chi connectivity index (χ2n) is 7.11. The van der Waals surface area contributed by atoms with Gasteiger partial charge in [-0.1, -0.05) is 6.07 Å². The molecule has 1 N–H and O–H groups in total. The van der Waals surface area contributed by atoms with Crippen molar-refractivity contribution in [1.29, 1.82) is 0 Å². The van der Waals surface area contributed by atoms with Crippen LogP contribution in [-0.4, -0.2) is 35.5 Å². The summed E-state index contributed by atoms with van der Waals surface area (Å²) in [7, 11) is 1.53. The van der Waals surface area contributed by atoms with E-state index in [9.17, 15) is 14.7 Å². The van der Waals surface area contributed by atoms with Crippen molar-refractivity contribution in [2.24, 2.45) is 0 Å². The molecule has 7 heteroatoms. The second kappa shape index (κ2) is 8.93. The Bertz CT molecular complexity index is 1170. The summed E-state index contributed by atoms with van der Waals surface area (Å²) in [6, 6.07) is 16.2. The largest absolute Gasteiger partial charge is 0.507 e. The fraction of sp³-hybridized carbons (Fsp3) is 0.160. The highest BCUT2D eigenvalue weighted by molar-refractivity contribution is 6.51. The van der Waals surface area contributed by atoms with Crippen molar-refractivity contribution in [3.8, 4) is 11.5 Å². The van der Waals surface area contributed by atoms with Crippen molar-refractivity contribution in [2.45, 2.75) is 13.0 Å². The van der Waals surface area contributed by atoms with E-state index in [0.717, 1.165) is 0 Å². The van der Waals surface area contributed by atoms with Gasteiger partial charge < -0.3 is 14.6 Å². The number of hydrogen-bond donors (Lipinski definition) is 1. The maximum absolute atomic E-state index is 13.1. The Labute approximate surface area is 185 Å². The first-order chi connectivity index (χ1) is 15.5. The normalized spacial score (nSPS) is 17.4. The number of aliphatic hydroxyl groups is 1. The van der Waals surface area contributed by atoms with Gasteiger partial charge in [0.2, 0.25) is 0 Å². The fourth-order valence-corrected chi connectivity index (χ4v) is 3.75. The lowest BCUT2D eigenvalue weighted by Gasteiger charge is -2.25. The van der Waals surface area contributed by atoms with E-state index in [4.69, 9.17) is 9.47 Å². The smallest absolute Gasteiger partial charge is 0.300 e. The molecule has 1 aromatic heterocycles. The highest BCUT2D eigenvalue weighted by Gasteiger charge is 2.47. The van der Waals surface area contributed by atoms with Gasteiger partial charge in [0, 0.05) is 29.7 Å². The number of ether oxygens (including phenoxy) is 2. The summed E-state index contributed by atoms with van der Waals surface area (Å²) in [6.07, 6.45) is 3.16. The molecule has 4 rings (SSSR count). The van der Waals surface area contributed by atoms with Gasteiger partial charge in [0.15, 0.2) is 0 Å². The van der Waals surface area contributed by atoms with Crippen LogP contribution in [0.15, 0.2) is 78.6 Å². The third kappa shape index (κ3) is 3.80. The molecule has 0 aliphatic carbocycles. The zero-order valence-electron chi connectivity index (χ0n) is 17.7. The first-order valence-corrected chi connectivity index (χ1v) is 10.1. The maximum atomic E-state index is 13.1. The standard InChI is InChI=1S/C25H22N2O5/c1-3-32-19-9-7-17(8-10-19)23(28)21-22(16-11-13-26-14-12-16)27(25(30)24(21)29)18-5-4-6-20(15-18)31-2/h4-15,22,28H,3H2,1-2H3/b23-21+. The lowest BCUT2D eigenvalue weighted by atomic mass is 9.95. The van der Waals surface area contributed by atoms with Gasteiger partial charge in [-0.25, -0.2) is 0 Å². The Morgan fingerprint density at radius 3 is 2.41 bits per heavy atom. The highest BCUT2D eigenvalue weighted by Crippen LogP contribution is 2.42. The van der Waals surface area contributed by atoms with Crippen LogP contribution in [0.5, 0.6) is 11.5 Å². The molecule has 0 bridgehead atoms. The molecular weight excluding hydrogens is 408 g/mol. The number of rotatable bonds is 6. The van der Waals surface area contributed by atoms with Gasteiger partial charge in [-0.05, 0) is 61.0 Å². The van der Waals surface area contributed by atoms with Gasteiger partial charge in [-0.2, -0.15) is 0 Å². The van der Waals surface area contributed by atoms with Crippen LogP contribution in [0.1, 0.15) is 24.1 Å². The number of aliphatic hydroxyl groups excluding tert-OH is 1. The Balaban J connectivity index is 1.87. The number of anilines is 1. The van der Waals surface area contributed by atoms with Gasteiger partial charge in [-0.15, -0.1) is 0 Å². The van der Waals surface area contributed by atoms with Gasteiger partial charge in [0.1, 0.15) is 17.3 Å². The summed E-state index contributed by atoms with van der Waals surface area (Å²) in [4.78, 5) is 31.7. The molecule has 2 heterocycles. The molecule has 162 valence electrons. The first-order valence-electron chi connectivity index (χ1n) is 10.1. The number of carbonyl (C=O) groups excluding carboxylic acids is 2. The van der Waals surface area contributed by atoms with Crippen molar-refractivity contribution < 1.29 is 24.2 Å². The van der Waals surface area contributed by atoms with Crippen LogP contribution in [0.25, 0.3) is 5.76 Å². The molecule has 1 saturated heterocycles. The molecule has 0 saturated carbocycles. The van der Waals surface area contributed by atoms with E-state index in [1.54, 1.807) is 73.1 Å². The fourth-order valence-electron chi connectivity index (χ4n) is 3.75. The predicted molar refractivity (Wildman–Crippen MR) is 120 cm³/mol. The number of pyridine rings is 1. The predicted octanol–water partition coefficient (Wildman–Crippen LogP) is 4.12. The van der Waals surface area contributed by atoms with Crippen LogP contribution in [0.3, 0.4) is 0 Å². The van der Waals surface area contributed by atoms with Crippen molar-refractivity contribution in [2.75, 3.05) is 18.6 Å². The average Bonchev–Trinajstić information content (AvgIpc) is 3.10. The van der Waals surface area contributed by atoms with Crippen LogP contribution in [0.2, 0.25) is 0 Å². The number of ketones is 1. The maximum Gasteiger partial charge on any atom is 0.300 e. The number of aromatic nitrogens is 1. The van der Waals surface area contributed by atoms with E-state index in [2.05, 4.69) is 4.98 Å². The minimum absolute atomic E-state index is 0.00757. The van der Waals surface area contributed by atoms with E-state index < -0.39 is 17.7 Å². The summed E-state index contributed by atoms with van der Waals surface area (Å²) in [6.45, 7) is 2.39. The molecule has 0 spiro atoms. The molecule has 32 heavy (non-hydrogen) atoms. The molecule has 1 fully saturated rings. The number of nitrogens with zero attached hydrogens (tertiary/aromatic N) is 2. The molecule has 1 aliphatic heterocycles. The van der Waals surface area contributed by atoms with Crippen LogP contribution >= 0.6 is 0 Å². The van der Waals surface area contributed by atoms with Gasteiger partial charge in [0.25, 0.3) is 11.7 Å². The Kier molecular flexibility index (Phi) is 5.89. The number of Topliss-reactive ketones (excluding diaryl/α,β-unsaturated/α-hetero) is 1. The van der Waals surface area contributed by atoms with Gasteiger partial charge >= 0.3 is 0 Å². The summed E-state index contributed by atoms with van der Waals surface area (Å²) in [5.41, 5.74) is 1.55. The first kappa shape index (κ1) is 21.1. The van der Waals surface area contributed by atoms with Crippen molar-refractivity contribution in [3.63, 3.8) is 0 Å². The van der Waals surface area contributed by atoms with Crippen LogP contribution in [-0.2, 0) is 9.59 Å². The molecule has 1 unspecified atom stereocenters. The molecule has 3 aromatic rings. The summed E-state index contributed by atoms with van der Waals surface area (Å²) >= 11 is 0. The van der Waals surface area contributed by atoms with Gasteiger partial charge in [-0.3, -0.25) is 19.5 Å². The molecule has 1 atom stereocenters. The third-order valence-electron chi connectivity index (χ3n) is 5.24. The van der Waals surface area contributed by atoms with E-state index in [0.29, 0.717) is 34.9 Å². The summed E-state index contributed by atoms with van der Waals surface area (Å²) < 4.78 is 10.7. The van der Waals surface area contributed by atoms with E-state index >= 15 is 0 Å². The van der Waals surface area contributed by atoms with Crippen molar-refractivity contribution >= 4 is 23.1 Å². The topological polar surface area (TPSA) is 89.0 Å². The average molecular weight is 430 g/mol. The SMILES string of the molecule is CCOc1ccc(/C(O)=C2\C(=O)C(=O)N(c3cccc(OC)c3)C2c2ccncc2)cc1. The van der Waals surface area contributed by atoms with Crippen LogP contribution in [0, 0.1) is 0 Å². The number of methoxy groups -OCH3 is 1. The molecule has 7 nitrogen and oxygen atoms in total. The number of hydrogen-bond acceptors (Lipinski definition) is 6. The summed E-state index contributed by atoms with van der Waals surface area (Å²) in [5.74, 6) is -0.553. The molecular formula is C25H22N2O5. The Morgan fingerprint density at radius 1 is 1.03 bits per heavy atom. The second-order valence-corrected chi connectivity index (χ2v) is 7.11. The minimum atomic E-state index is -0.823. The van der Waals surface area contributed by atoms with E-state index in [-0.39, 0.29) is 11.3 Å². The highest BCUT2D eigenvalue weighted by atomic mass is 16.5. The zero-order chi connectivity index (χ0) is 22.7. The van der Waals surface area contributed by atoms with Crippen molar-refractivity contribution in [3.05, 3.63) is 89.8 Å². The zero-order valence-corrected chi connectivity index (χ0v) is 17.7. The van der Waals surface area contributed by atoms with Gasteiger partial charge in [0.05, 0.1) is 25.3 Å². The molecule has 1 amide bonds. The Hall–Kier alpha value is -4.13. The van der Waals surface area contributed by atoms with Crippen LogP contribution in [0.4, 0.5) is 5.69 Å². The quantitative estimate of drug-likeness (QED) is 0.360. The lowest BCUT2D eigenvalue weighted by molar-refractivity contribution is -0.132. The number of carbonyl (C=O) groups is 2.